The number of ether oxygens (including phenoxy) is 1. The van der Waals surface area contributed by atoms with Gasteiger partial charge in [0.05, 0.1) is 23.9 Å². The summed E-state index contributed by atoms with van der Waals surface area (Å²) in [6.45, 7) is 1.91. The van der Waals surface area contributed by atoms with Crippen molar-refractivity contribution in [1.29, 1.82) is 0 Å². The largest absolute Gasteiger partial charge is 0.467 e. The summed E-state index contributed by atoms with van der Waals surface area (Å²) in [6, 6.07) is 0. The lowest BCUT2D eigenvalue weighted by Gasteiger charge is -2.22. The number of aryl methyl sites for hydroxylation is 1. The first-order valence-corrected chi connectivity index (χ1v) is 4.97. The third-order valence-electron chi connectivity index (χ3n) is 3.01. The maximum Gasteiger partial charge on any atom is 0.316 e. The predicted octanol–water partition coefficient (Wildman–Crippen LogP) is 1.72. The summed E-state index contributed by atoms with van der Waals surface area (Å²) in [5.41, 5.74) is 7.85. The Bertz CT molecular complexity index is 327. The minimum Gasteiger partial charge on any atom is -0.467 e. The fourth-order valence-electron chi connectivity index (χ4n) is 2.31. The van der Waals surface area contributed by atoms with Crippen LogP contribution in [0.3, 0.4) is 0 Å². The zero-order valence-corrected chi connectivity index (χ0v) is 8.67. The molecule has 2 rings (SSSR count). The highest BCUT2D eigenvalue weighted by Crippen LogP contribution is 2.42. The molecule has 0 aromatic carbocycles. The van der Waals surface area contributed by atoms with Crippen molar-refractivity contribution in [1.82, 2.24) is 5.16 Å². The van der Waals surface area contributed by atoms with Gasteiger partial charge in [0, 0.05) is 0 Å². The molecule has 14 heavy (non-hydrogen) atoms. The van der Waals surface area contributed by atoms with Gasteiger partial charge >= 0.3 is 5.95 Å². The van der Waals surface area contributed by atoms with Crippen molar-refractivity contribution in [3.8, 4) is 5.95 Å². The summed E-state index contributed by atoms with van der Waals surface area (Å²) in [5, 5.41) is 3.90. The zero-order valence-electron chi connectivity index (χ0n) is 8.67. The van der Waals surface area contributed by atoms with Crippen molar-refractivity contribution in [2.75, 3.05) is 7.11 Å². The van der Waals surface area contributed by atoms with E-state index >= 15 is 0 Å². The second kappa shape index (κ2) is 3.28. The van der Waals surface area contributed by atoms with E-state index in [0.29, 0.717) is 5.95 Å². The molecule has 0 saturated heterocycles. The third kappa shape index (κ3) is 1.30. The van der Waals surface area contributed by atoms with Crippen LogP contribution in [0.15, 0.2) is 4.52 Å². The topological polar surface area (TPSA) is 61.3 Å². The van der Waals surface area contributed by atoms with Gasteiger partial charge in [0.1, 0.15) is 0 Å². The third-order valence-corrected chi connectivity index (χ3v) is 3.01. The van der Waals surface area contributed by atoms with E-state index in [1.807, 2.05) is 6.92 Å². The highest BCUT2D eigenvalue weighted by Gasteiger charge is 2.38. The highest BCUT2D eigenvalue weighted by molar-refractivity contribution is 5.35. The molecule has 1 aliphatic carbocycles. The smallest absolute Gasteiger partial charge is 0.316 e. The number of hydrogen-bond acceptors (Lipinski definition) is 4. The second-order valence-electron chi connectivity index (χ2n) is 4.00. The lowest BCUT2D eigenvalue weighted by Crippen LogP contribution is -2.33. The Morgan fingerprint density at radius 2 is 2.07 bits per heavy atom. The van der Waals surface area contributed by atoms with Crippen molar-refractivity contribution < 1.29 is 9.26 Å². The molecular weight excluding hydrogens is 180 g/mol. The van der Waals surface area contributed by atoms with E-state index in [2.05, 4.69) is 5.16 Å². The highest BCUT2D eigenvalue weighted by atomic mass is 16.6. The quantitative estimate of drug-likeness (QED) is 0.782. The van der Waals surface area contributed by atoms with Crippen LogP contribution in [0, 0.1) is 6.92 Å². The molecule has 0 radical (unpaired) electrons. The first-order valence-electron chi connectivity index (χ1n) is 4.97. The first kappa shape index (κ1) is 9.52. The molecule has 2 N–H and O–H groups in total. The van der Waals surface area contributed by atoms with Crippen LogP contribution in [0.1, 0.15) is 36.9 Å². The lowest BCUT2D eigenvalue weighted by atomic mass is 9.89. The van der Waals surface area contributed by atoms with Crippen LogP contribution in [0.5, 0.6) is 5.95 Å². The van der Waals surface area contributed by atoms with Gasteiger partial charge < -0.3 is 15.0 Å². The van der Waals surface area contributed by atoms with Crippen LogP contribution in [0.25, 0.3) is 0 Å². The summed E-state index contributed by atoms with van der Waals surface area (Å²) in [5.74, 6) is 0.479. The van der Waals surface area contributed by atoms with Crippen LogP contribution < -0.4 is 10.5 Å². The fraction of sp³-hybridized carbons (Fsp3) is 0.700. The van der Waals surface area contributed by atoms with Crippen LogP contribution in [-0.2, 0) is 5.54 Å². The van der Waals surface area contributed by atoms with Crippen LogP contribution in [0.4, 0.5) is 0 Å². The molecule has 1 heterocycles. The molecule has 0 bridgehead atoms. The normalized spacial score (nSPS) is 19.9. The molecule has 1 aromatic heterocycles. The first-order chi connectivity index (χ1) is 6.67. The Morgan fingerprint density at radius 1 is 1.43 bits per heavy atom. The Kier molecular flexibility index (Phi) is 2.23. The van der Waals surface area contributed by atoms with Crippen LogP contribution in [-0.4, -0.2) is 12.3 Å². The molecule has 0 atom stereocenters. The van der Waals surface area contributed by atoms with Crippen molar-refractivity contribution in [3.05, 3.63) is 11.3 Å². The summed E-state index contributed by atoms with van der Waals surface area (Å²) in [4.78, 5) is 0. The molecule has 0 amide bonds. The van der Waals surface area contributed by atoms with E-state index in [-0.39, 0.29) is 5.54 Å². The van der Waals surface area contributed by atoms with Gasteiger partial charge in [-0.1, -0.05) is 18.0 Å². The molecule has 1 fully saturated rings. The molecule has 78 valence electrons. The minimum absolute atomic E-state index is 0.282. The number of nitrogens with two attached hydrogens (primary N) is 1. The van der Waals surface area contributed by atoms with Gasteiger partial charge in [-0.15, -0.1) is 0 Å². The molecule has 0 unspecified atom stereocenters. The molecule has 0 aliphatic heterocycles. The fourth-order valence-corrected chi connectivity index (χ4v) is 2.31. The maximum atomic E-state index is 6.32. The number of rotatable bonds is 2. The number of nitrogens with zero attached hydrogens (tertiary/aromatic N) is 1. The number of methoxy groups -OCH3 is 1. The van der Waals surface area contributed by atoms with E-state index < -0.39 is 0 Å². The van der Waals surface area contributed by atoms with Crippen LogP contribution in [0.2, 0.25) is 0 Å². The predicted molar refractivity (Wildman–Crippen MR) is 52.1 cm³/mol. The van der Waals surface area contributed by atoms with E-state index in [1.165, 1.54) is 12.8 Å². The molecule has 1 saturated carbocycles. The Hall–Kier alpha value is -1.03. The summed E-state index contributed by atoms with van der Waals surface area (Å²) >= 11 is 0. The second-order valence-corrected chi connectivity index (χ2v) is 4.00. The summed E-state index contributed by atoms with van der Waals surface area (Å²) < 4.78 is 10.2. The average molecular weight is 196 g/mol. The standard InChI is InChI=1S/C10H16N2O2/c1-7-8(9(13-2)14-12-7)10(11)5-3-4-6-10/h3-6,11H2,1-2H3. The zero-order chi connectivity index (χ0) is 10.2. The van der Waals surface area contributed by atoms with E-state index in [9.17, 15) is 0 Å². The van der Waals surface area contributed by atoms with Gasteiger partial charge in [-0.3, -0.25) is 0 Å². The van der Waals surface area contributed by atoms with E-state index in [0.717, 1.165) is 24.1 Å². The number of hydrogen-bond donors (Lipinski definition) is 1. The Labute approximate surface area is 83.4 Å². The maximum absolute atomic E-state index is 6.32. The van der Waals surface area contributed by atoms with Gasteiger partial charge in [-0.05, 0) is 19.8 Å². The molecular formula is C10H16N2O2. The van der Waals surface area contributed by atoms with Gasteiger partial charge in [0.25, 0.3) is 0 Å². The lowest BCUT2D eigenvalue weighted by molar-refractivity contribution is 0.251. The summed E-state index contributed by atoms with van der Waals surface area (Å²) in [6.07, 6.45) is 4.32. The van der Waals surface area contributed by atoms with Gasteiger partial charge in [0.2, 0.25) is 0 Å². The minimum atomic E-state index is -0.282. The van der Waals surface area contributed by atoms with Crippen molar-refractivity contribution in [2.45, 2.75) is 38.1 Å². The van der Waals surface area contributed by atoms with Gasteiger partial charge in [-0.2, -0.15) is 0 Å². The summed E-state index contributed by atoms with van der Waals surface area (Å²) in [7, 11) is 1.59. The molecule has 4 nitrogen and oxygen atoms in total. The SMILES string of the molecule is COc1onc(C)c1C1(N)CCCC1. The van der Waals surface area contributed by atoms with Gasteiger partial charge in [0.15, 0.2) is 0 Å². The Morgan fingerprint density at radius 3 is 2.64 bits per heavy atom. The van der Waals surface area contributed by atoms with E-state index in [4.69, 9.17) is 15.0 Å². The Balaban J connectivity index is 2.42. The molecule has 1 aromatic rings. The molecule has 1 aliphatic rings. The van der Waals surface area contributed by atoms with Gasteiger partial charge in [-0.25, -0.2) is 0 Å². The average Bonchev–Trinajstić information content (AvgIpc) is 2.73. The molecule has 0 spiro atoms. The number of aromatic nitrogens is 1. The molecule has 4 heteroatoms. The van der Waals surface area contributed by atoms with Crippen molar-refractivity contribution >= 4 is 0 Å². The van der Waals surface area contributed by atoms with Crippen molar-refractivity contribution in [2.24, 2.45) is 5.73 Å². The van der Waals surface area contributed by atoms with E-state index in [1.54, 1.807) is 7.11 Å². The monoisotopic (exact) mass is 196 g/mol. The van der Waals surface area contributed by atoms with Crippen LogP contribution >= 0.6 is 0 Å². The van der Waals surface area contributed by atoms with Crippen molar-refractivity contribution in [3.63, 3.8) is 0 Å².